The summed E-state index contributed by atoms with van der Waals surface area (Å²) >= 11 is 0. The standard InChI is InChI=1S/C15H23FN2O2/c1-19-15-10-14(12(16)9-13(15)17)18-7-8-20-11-5-3-2-4-6-11/h9-11,18H,2-8,17H2,1H3. The highest BCUT2D eigenvalue weighted by Crippen LogP contribution is 2.28. The first-order valence-electron chi connectivity index (χ1n) is 7.19. The van der Waals surface area contributed by atoms with Gasteiger partial charge in [-0.25, -0.2) is 4.39 Å². The summed E-state index contributed by atoms with van der Waals surface area (Å²) in [5, 5.41) is 3.02. The monoisotopic (exact) mass is 282 g/mol. The van der Waals surface area contributed by atoms with Crippen molar-refractivity contribution in [2.45, 2.75) is 38.2 Å². The van der Waals surface area contributed by atoms with Crippen LogP contribution in [0.1, 0.15) is 32.1 Å². The van der Waals surface area contributed by atoms with Gasteiger partial charge < -0.3 is 20.5 Å². The highest BCUT2D eigenvalue weighted by Gasteiger charge is 2.13. The fourth-order valence-corrected chi connectivity index (χ4v) is 2.52. The largest absolute Gasteiger partial charge is 0.495 e. The van der Waals surface area contributed by atoms with Crippen molar-refractivity contribution in [2.75, 3.05) is 31.3 Å². The molecule has 1 aliphatic rings. The minimum Gasteiger partial charge on any atom is -0.495 e. The summed E-state index contributed by atoms with van der Waals surface area (Å²) < 4.78 is 24.6. The smallest absolute Gasteiger partial charge is 0.148 e. The van der Waals surface area contributed by atoms with Gasteiger partial charge in [-0.1, -0.05) is 19.3 Å². The van der Waals surface area contributed by atoms with E-state index in [0.29, 0.717) is 36.4 Å². The Kier molecular flexibility index (Phi) is 5.47. The second kappa shape index (κ2) is 7.33. The lowest BCUT2D eigenvalue weighted by Crippen LogP contribution is -2.20. The molecule has 2 rings (SSSR count). The number of ether oxygens (including phenoxy) is 2. The molecule has 1 fully saturated rings. The van der Waals surface area contributed by atoms with Gasteiger partial charge in [-0.05, 0) is 12.8 Å². The predicted molar refractivity (Wildman–Crippen MR) is 78.7 cm³/mol. The van der Waals surface area contributed by atoms with Crippen LogP contribution in [-0.4, -0.2) is 26.4 Å². The summed E-state index contributed by atoms with van der Waals surface area (Å²) in [7, 11) is 1.51. The fraction of sp³-hybridized carbons (Fsp3) is 0.600. The van der Waals surface area contributed by atoms with E-state index < -0.39 is 0 Å². The molecule has 0 heterocycles. The molecule has 4 nitrogen and oxygen atoms in total. The highest BCUT2D eigenvalue weighted by atomic mass is 19.1. The summed E-state index contributed by atoms with van der Waals surface area (Å²) in [5.41, 5.74) is 6.33. The molecule has 1 aromatic carbocycles. The molecule has 20 heavy (non-hydrogen) atoms. The number of hydrogen-bond donors (Lipinski definition) is 2. The van der Waals surface area contributed by atoms with E-state index in [0.717, 1.165) is 12.8 Å². The van der Waals surface area contributed by atoms with E-state index in [1.807, 2.05) is 0 Å². The molecule has 0 radical (unpaired) electrons. The van der Waals surface area contributed by atoms with E-state index in [-0.39, 0.29) is 5.82 Å². The van der Waals surface area contributed by atoms with Crippen molar-refractivity contribution in [1.29, 1.82) is 0 Å². The van der Waals surface area contributed by atoms with Crippen LogP contribution in [0.15, 0.2) is 12.1 Å². The number of benzene rings is 1. The number of rotatable bonds is 6. The van der Waals surface area contributed by atoms with Crippen LogP contribution in [0, 0.1) is 5.82 Å². The van der Waals surface area contributed by atoms with Gasteiger partial charge in [0.05, 0.1) is 31.2 Å². The zero-order chi connectivity index (χ0) is 14.4. The van der Waals surface area contributed by atoms with E-state index in [9.17, 15) is 4.39 Å². The third kappa shape index (κ3) is 4.00. The Morgan fingerprint density at radius 1 is 1.30 bits per heavy atom. The molecule has 0 spiro atoms. The number of hydrogen-bond acceptors (Lipinski definition) is 4. The number of nitrogens with two attached hydrogens (primary N) is 1. The predicted octanol–water partition coefficient (Wildman–Crippen LogP) is 3.18. The van der Waals surface area contributed by atoms with E-state index in [1.54, 1.807) is 6.07 Å². The highest BCUT2D eigenvalue weighted by molar-refractivity contribution is 5.62. The van der Waals surface area contributed by atoms with E-state index in [1.165, 1.54) is 32.4 Å². The first-order chi connectivity index (χ1) is 9.70. The number of halogens is 1. The summed E-state index contributed by atoms with van der Waals surface area (Å²) in [4.78, 5) is 0. The van der Waals surface area contributed by atoms with Gasteiger partial charge >= 0.3 is 0 Å². The Bertz CT molecular complexity index is 434. The molecular weight excluding hydrogens is 259 g/mol. The normalized spacial score (nSPS) is 16.1. The van der Waals surface area contributed by atoms with Gasteiger partial charge in [0, 0.05) is 18.7 Å². The van der Waals surface area contributed by atoms with Crippen LogP contribution < -0.4 is 15.8 Å². The summed E-state index contributed by atoms with van der Waals surface area (Å²) in [5.74, 6) is 0.100. The van der Waals surface area contributed by atoms with Crippen LogP contribution in [0.5, 0.6) is 5.75 Å². The maximum absolute atomic E-state index is 13.7. The Hall–Kier alpha value is -1.49. The van der Waals surface area contributed by atoms with Crippen molar-refractivity contribution in [1.82, 2.24) is 0 Å². The molecule has 3 N–H and O–H groups in total. The molecule has 112 valence electrons. The number of anilines is 2. The molecule has 0 aliphatic heterocycles. The van der Waals surface area contributed by atoms with Crippen molar-refractivity contribution in [2.24, 2.45) is 0 Å². The minimum absolute atomic E-state index is 0.300. The number of nitrogen functional groups attached to an aromatic ring is 1. The molecule has 5 heteroatoms. The summed E-state index contributed by atoms with van der Waals surface area (Å²) in [6, 6.07) is 2.84. The van der Waals surface area contributed by atoms with Crippen molar-refractivity contribution < 1.29 is 13.9 Å². The number of methoxy groups -OCH3 is 1. The van der Waals surface area contributed by atoms with Gasteiger partial charge in [0.2, 0.25) is 0 Å². The lowest BCUT2D eigenvalue weighted by atomic mass is 9.98. The van der Waals surface area contributed by atoms with Crippen LogP contribution in [0.2, 0.25) is 0 Å². The second-order valence-corrected chi connectivity index (χ2v) is 5.13. The SMILES string of the molecule is COc1cc(NCCOC2CCCCC2)c(F)cc1N. The van der Waals surface area contributed by atoms with Crippen molar-refractivity contribution in [3.8, 4) is 5.75 Å². The topological polar surface area (TPSA) is 56.5 Å². The Morgan fingerprint density at radius 2 is 2.05 bits per heavy atom. The molecule has 0 atom stereocenters. The minimum atomic E-state index is -0.374. The van der Waals surface area contributed by atoms with Gasteiger partial charge in [-0.3, -0.25) is 0 Å². The molecule has 0 saturated heterocycles. The first kappa shape index (κ1) is 14.9. The van der Waals surface area contributed by atoms with Crippen LogP contribution in [0.25, 0.3) is 0 Å². The van der Waals surface area contributed by atoms with Crippen molar-refractivity contribution in [3.05, 3.63) is 17.9 Å². The van der Waals surface area contributed by atoms with E-state index in [2.05, 4.69) is 5.32 Å². The molecular formula is C15H23FN2O2. The molecule has 1 aromatic rings. The Balaban J connectivity index is 1.78. The molecule has 0 amide bonds. The Labute approximate surface area is 119 Å². The number of nitrogens with one attached hydrogen (secondary N) is 1. The molecule has 1 saturated carbocycles. The van der Waals surface area contributed by atoms with Crippen molar-refractivity contribution >= 4 is 11.4 Å². The Morgan fingerprint density at radius 3 is 2.75 bits per heavy atom. The van der Waals surface area contributed by atoms with Gasteiger partial charge in [0.25, 0.3) is 0 Å². The average Bonchev–Trinajstić information content (AvgIpc) is 2.46. The van der Waals surface area contributed by atoms with Crippen molar-refractivity contribution in [3.63, 3.8) is 0 Å². The van der Waals surface area contributed by atoms with E-state index in [4.69, 9.17) is 15.2 Å². The lowest BCUT2D eigenvalue weighted by Gasteiger charge is -2.22. The fourth-order valence-electron chi connectivity index (χ4n) is 2.52. The summed E-state index contributed by atoms with van der Waals surface area (Å²) in [6.45, 7) is 1.15. The average molecular weight is 282 g/mol. The molecule has 0 bridgehead atoms. The van der Waals surface area contributed by atoms with Gasteiger partial charge in [0.1, 0.15) is 11.6 Å². The van der Waals surface area contributed by atoms with E-state index >= 15 is 0 Å². The first-order valence-corrected chi connectivity index (χ1v) is 7.19. The molecule has 0 unspecified atom stereocenters. The van der Waals surface area contributed by atoms with Gasteiger partial charge in [0.15, 0.2) is 0 Å². The molecule has 0 aromatic heterocycles. The van der Waals surface area contributed by atoms with Crippen LogP contribution in [-0.2, 0) is 4.74 Å². The third-order valence-electron chi connectivity index (χ3n) is 3.64. The van der Waals surface area contributed by atoms with Gasteiger partial charge in [-0.15, -0.1) is 0 Å². The maximum Gasteiger partial charge on any atom is 0.148 e. The quantitative estimate of drug-likeness (QED) is 0.621. The van der Waals surface area contributed by atoms with Crippen LogP contribution in [0.3, 0.4) is 0 Å². The van der Waals surface area contributed by atoms with Crippen LogP contribution in [0.4, 0.5) is 15.8 Å². The lowest BCUT2D eigenvalue weighted by molar-refractivity contribution is 0.0347. The summed E-state index contributed by atoms with van der Waals surface area (Å²) in [6.07, 6.45) is 6.48. The van der Waals surface area contributed by atoms with Gasteiger partial charge in [-0.2, -0.15) is 0 Å². The zero-order valence-corrected chi connectivity index (χ0v) is 12.0. The zero-order valence-electron chi connectivity index (χ0n) is 12.0. The molecule has 1 aliphatic carbocycles. The second-order valence-electron chi connectivity index (χ2n) is 5.13. The van der Waals surface area contributed by atoms with Crippen LogP contribution >= 0.6 is 0 Å². The maximum atomic E-state index is 13.7. The third-order valence-corrected chi connectivity index (χ3v) is 3.64.